The first-order valence-electron chi connectivity index (χ1n) is 9.30. The van der Waals surface area contributed by atoms with Crippen LogP contribution in [0, 0.1) is 0 Å². The number of β-lactam (4-membered cyclic amide) rings is 1. The van der Waals surface area contributed by atoms with E-state index >= 15 is 0 Å². The molecular formula is C18H23BrN2O9S. The van der Waals surface area contributed by atoms with Crippen LogP contribution < -0.4 is 5.32 Å². The van der Waals surface area contributed by atoms with Gasteiger partial charge in [0.2, 0.25) is 12.2 Å². The van der Waals surface area contributed by atoms with Crippen LogP contribution in [0.3, 0.4) is 0 Å². The summed E-state index contributed by atoms with van der Waals surface area (Å²) in [4.78, 5) is 61.5. The molecule has 0 saturated carbocycles. The molecule has 1 fully saturated rings. The largest absolute Gasteiger partial charge is 0.511 e. The lowest BCUT2D eigenvalue weighted by Gasteiger charge is -2.49. The number of ketones is 1. The van der Waals surface area contributed by atoms with E-state index < -0.39 is 41.6 Å². The van der Waals surface area contributed by atoms with Gasteiger partial charge in [-0.2, -0.15) is 0 Å². The maximum atomic E-state index is 12.8. The van der Waals surface area contributed by atoms with Gasteiger partial charge in [-0.25, -0.2) is 9.59 Å². The predicted molar refractivity (Wildman–Crippen MR) is 111 cm³/mol. The van der Waals surface area contributed by atoms with Gasteiger partial charge >= 0.3 is 12.1 Å². The number of alkyl halides is 1. The third-order valence-electron chi connectivity index (χ3n) is 4.18. The molecule has 31 heavy (non-hydrogen) atoms. The average molecular weight is 523 g/mol. The number of hydrogen-bond acceptors (Lipinski definition) is 10. The van der Waals surface area contributed by atoms with Crippen LogP contribution in [0.15, 0.2) is 11.3 Å². The molecule has 172 valence electrons. The van der Waals surface area contributed by atoms with Crippen LogP contribution in [0.1, 0.15) is 20.3 Å². The highest BCUT2D eigenvalue weighted by Gasteiger charge is 2.54. The lowest BCUT2D eigenvalue weighted by molar-refractivity contribution is -0.169. The Hall–Kier alpha value is -2.12. The molecule has 2 heterocycles. The number of rotatable bonds is 10. The summed E-state index contributed by atoms with van der Waals surface area (Å²) in [6, 6.07) is -0.874. The molecule has 2 aliphatic heterocycles. The third-order valence-corrected chi connectivity index (χ3v) is 6.14. The number of fused-ring (bicyclic) bond motifs is 1. The Balaban J connectivity index is 2.11. The van der Waals surface area contributed by atoms with Gasteiger partial charge < -0.3 is 24.3 Å². The van der Waals surface area contributed by atoms with Crippen molar-refractivity contribution in [3.63, 3.8) is 0 Å². The molecule has 13 heteroatoms. The summed E-state index contributed by atoms with van der Waals surface area (Å²) in [7, 11) is 1.45. The number of carbonyl (C=O) groups excluding carboxylic acids is 5. The number of nitrogens with one attached hydrogen (secondary N) is 1. The number of amides is 2. The Kier molecular flexibility index (Phi) is 9.32. The van der Waals surface area contributed by atoms with Gasteiger partial charge in [0.05, 0.1) is 25.0 Å². The van der Waals surface area contributed by atoms with Gasteiger partial charge in [-0.3, -0.25) is 19.3 Å². The summed E-state index contributed by atoms with van der Waals surface area (Å²) in [6.07, 6.45) is -2.60. The molecule has 0 bridgehead atoms. The second-order valence-electron chi connectivity index (χ2n) is 6.46. The van der Waals surface area contributed by atoms with Crippen molar-refractivity contribution in [3.8, 4) is 0 Å². The Morgan fingerprint density at radius 3 is 2.61 bits per heavy atom. The summed E-state index contributed by atoms with van der Waals surface area (Å²) in [6.45, 7) is 3.11. The Labute approximate surface area is 191 Å². The maximum Gasteiger partial charge on any atom is 0.511 e. The van der Waals surface area contributed by atoms with Crippen molar-refractivity contribution in [1.29, 1.82) is 0 Å². The van der Waals surface area contributed by atoms with E-state index in [9.17, 15) is 24.0 Å². The molecule has 0 aliphatic carbocycles. The maximum absolute atomic E-state index is 12.8. The van der Waals surface area contributed by atoms with Crippen LogP contribution >= 0.6 is 27.7 Å². The summed E-state index contributed by atoms with van der Waals surface area (Å²) in [5, 5.41) is 2.03. The summed E-state index contributed by atoms with van der Waals surface area (Å²) in [5.74, 6) is -1.93. The number of methoxy groups -OCH3 is 1. The lowest BCUT2D eigenvalue weighted by Crippen LogP contribution is -2.70. The first-order chi connectivity index (χ1) is 14.7. The molecule has 2 rings (SSSR count). The number of nitrogens with zero attached hydrogens (tertiary/aromatic N) is 1. The van der Waals surface area contributed by atoms with Gasteiger partial charge in [0.1, 0.15) is 17.1 Å². The number of esters is 1. The van der Waals surface area contributed by atoms with Crippen LogP contribution in [-0.2, 0) is 38.1 Å². The molecule has 3 atom stereocenters. The third kappa shape index (κ3) is 6.20. The van der Waals surface area contributed by atoms with E-state index in [0.29, 0.717) is 11.3 Å². The zero-order valence-corrected chi connectivity index (χ0v) is 19.6. The minimum atomic E-state index is -1.25. The topological polar surface area (TPSA) is 138 Å². The van der Waals surface area contributed by atoms with E-state index in [2.05, 4.69) is 26.0 Å². The number of halogens is 1. The highest BCUT2D eigenvalue weighted by Crippen LogP contribution is 2.40. The zero-order valence-electron chi connectivity index (χ0n) is 17.2. The first kappa shape index (κ1) is 25.1. The number of thioether (sulfide) groups is 1. The summed E-state index contributed by atoms with van der Waals surface area (Å²) >= 11 is 4.32. The monoisotopic (exact) mass is 522 g/mol. The van der Waals surface area contributed by atoms with Gasteiger partial charge in [-0.05, 0) is 12.5 Å². The van der Waals surface area contributed by atoms with Crippen LogP contribution in [0.5, 0.6) is 0 Å². The zero-order chi connectivity index (χ0) is 23.1. The molecule has 0 aromatic heterocycles. The summed E-state index contributed by atoms with van der Waals surface area (Å²) in [5.41, 5.74) is 0.502. The predicted octanol–water partition coefficient (Wildman–Crippen LogP) is 0.703. The normalized spacial score (nSPS) is 20.9. The van der Waals surface area contributed by atoms with Gasteiger partial charge in [0, 0.05) is 19.8 Å². The highest BCUT2D eigenvalue weighted by atomic mass is 79.9. The number of Topliss-reactive ketones (excluding diaryl/α,β-unsaturated/α-hetero) is 1. The van der Waals surface area contributed by atoms with Gasteiger partial charge in [0.15, 0.2) is 5.78 Å². The first-order valence-corrected chi connectivity index (χ1v) is 11.5. The van der Waals surface area contributed by atoms with E-state index in [4.69, 9.17) is 14.2 Å². The number of ether oxygens (including phenoxy) is 4. The van der Waals surface area contributed by atoms with E-state index in [1.807, 2.05) is 0 Å². The molecule has 2 aliphatic rings. The molecule has 0 spiro atoms. The molecular weight excluding hydrogens is 500 g/mol. The van der Waals surface area contributed by atoms with E-state index in [-0.39, 0.29) is 36.4 Å². The minimum Gasteiger partial charge on any atom is -0.435 e. The van der Waals surface area contributed by atoms with Crippen molar-refractivity contribution >= 4 is 57.4 Å². The van der Waals surface area contributed by atoms with Gasteiger partial charge in [-0.15, -0.1) is 11.8 Å². The fourth-order valence-electron chi connectivity index (χ4n) is 2.93. The standard InChI is InChI=1S/C18H23BrN2O9S/c1-4-28-18(26)30-9(2)29-17(25)14-10(7-27-3)8-31-16-13(15(24)21(14)16)20-12(23)5-11(22)6-19/h9,13,16H,4-8H2,1-3H3,(H,20,23)/t9?,13?,16-/m1/s1. The molecule has 0 radical (unpaired) electrons. The Morgan fingerprint density at radius 2 is 2.00 bits per heavy atom. The molecule has 2 unspecified atom stereocenters. The van der Waals surface area contributed by atoms with Crippen molar-refractivity contribution in [1.82, 2.24) is 10.2 Å². The molecule has 2 amide bonds. The molecule has 11 nitrogen and oxygen atoms in total. The van der Waals surface area contributed by atoms with Crippen molar-refractivity contribution in [2.75, 3.05) is 31.4 Å². The fraction of sp³-hybridized carbons (Fsp3) is 0.611. The molecule has 0 aromatic carbocycles. The molecule has 1 saturated heterocycles. The highest BCUT2D eigenvalue weighted by molar-refractivity contribution is 9.09. The van der Waals surface area contributed by atoms with Crippen LogP contribution in [-0.4, -0.2) is 83.7 Å². The van der Waals surface area contributed by atoms with E-state index in [0.717, 1.165) is 0 Å². The summed E-state index contributed by atoms with van der Waals surface area (Å²) < 4.78 is 19.7. The molecule has 0 aromatic rings. The van der Waals surface area contributed by atoms with Crippen molar-refractivity contribution in [2.45, 2.75) is 38.0 Å². The SMILES string of the molecule is CCOC(=O)OC(C)OC(=O)C1=C(COC)CS[C@@H]2C(NC(=O)CC(=O)CBr)C(=O)N12. The smallest absolute Gasteiger partial charge is 0.435 e. The van der Waals surface area contributed by atoms with Crippen molar-refractivity contribution in [3.05, 3.63) is 11.3 Å². The van der Waals surface area contributed by atoms with Crippen molar-refractivity contribution < 1.29 is 42.9 Å². The Morgan fingerprint density at radius 1 is 1.29 bits per heavy atom. The van der Waals surface area contributed by atoms with E-state index in [1.165, 1.54) is 30.7 Å². The quantitative estimate of drug-likeness (QED) is 0.143. The second kappa shape index (κ2) is 11.5. The number of hydrogen-bond donors (Lipinski definition) is 1. The molecule has 1 N–H and O–H groups in total. The fourth-order valence-corrected chi connectivity index (χ4v) is 4.45. The van der Waals surface area contributed by atoms with Crippen LogP contribution in [0.25, 0.3) is 0 Å². The van der Waals surface area contributed by atoms with E-state index in [1.54, 1.807) is 6.92 Å². The van der Waals surface area contributed by atoms with Gasteiger partial charge in [0.25, 0.3) is 5.91 Å². The van der Waals surface area contributed by atoms with Crippen LogP contribution in [0.2, 0.25) is 0 Å². The van der Waals surface area contributed by atoms with Crippen LogP contribution in [0.4, 0.5) is 4.79 Å². The van der Waals surface area contributed by atoms with Crippen molar-refractivity contribution in [2.24, 2.45) is 0 Å². The Bertz CT molecular complexity index is 788. The second-order valence-corrected chi connectivity index (χ2v) is 8.13. The average Bonchev–Trinajstić information content (AvgIpc) is 2.71. The lowest BCUT2D eigenvalue weighted by atomic mass is 10.0. The minimum absolute atomic E-state index is 0.0167. The van der Waals surface area contributed by atoms with Gasteiger partial charge in [-0.1, -0.05) is 15.9 Å². The number of carbonyl (C=O) groups is 5.